The molecule has 0 aromatic heterocycles. The van der Waals surface area contributed by atoms with Crippen LogP contribution in [0.3, 0.4) is 0 Å². The van der Waals surface area contributed by atoms with Crippen LogP contribution >= 0.6 is 0 Å². The van der Waals surface area contributed by atoms with Gasteiger partial charge in [-0.3, -0.25) is 9.69 Å². The van der Waals surface area contributed by atoms with Crippen molar-refractivity contribution in [1.29, 1.82) is 5.26 Å². The van der Waals surface area contributed by atoms with E-state index in [0.29, 0.717) is 22.5 Å². The maximum absolute atomic E-state index is 13.0. The normalized spacial score (nSPS) is 17.3. The van der Waals surface area contributed by atoms with Crippen molar-refractivity contribution in [3.63, 3.8) is 0 Å². The number of nitrogens with zero attached hydrogens (tertiary/aromatic N) is 3. The van der Waals surface area contributed by atoms with Crippen LogP contribution in [0.4, 0.5) is 18.9 Å². The molecule has 0 N–H and O–H groups in total. The van der Waals surface area contributed by atoms with E-state index < -0.39 is 23.6 Å². The lowest BCUT2D eigenvalue weighted by atomic mass is 9.87. The maximum Gasteiger partial charge on any atom is 0.416 e. The first-order valence-electron chi connectivity index (χ1n) is 8.34. The van der Waals surface area contributed by atoms with Crippen molar-refractivity contribution in [2.24, 2.45) is 0 Å². The van der Waals surface area contributed by atoms with Crippen molar-refractivity contribution in [1.82, 2.24) is 0 Å². The highest BCUT2D eigenvalue weighted by Gasteiger charge is 2.36. The number of hydrogen-bond donors (Lipinski definition) is 0. The largest absolute Gasteiger partial charge is 0.416 e. The molecular formula is C21H14F3N3O. The Morgan fingerprint density at radius 1 is 1.21 bits per heavy atom. The quantitative estimate of drug-likeness (QED) is 0.667. The van der Waals surface area contributed by atoms with Gasteiger partial charge in [0.25, 0.3) is 0 Å². The first kappa shape index (κ1) is 19.2. The first-order chi connectivity index (χ1) is 13.3. The molecule has 1 heterocycles. The summed E-state index contributed by atoms with van der Waals surface area (Å²) in [5.41, 5.74) is 0.991. The van der Waals surface area contributed by atoms with Crippen molar-refractivity contribution >= 4 is 11.6 Å². The van der Waals surface area contributed by atoms with Crippen molar-refractivity contribution in [3.05, 3.63) is 88.0 Å². The summed E-state index contributed by atoms with van der Waals surface area (Å²) in [6, 6.07) is 13.1. The molecule has 2 aromatic carbocycles. The molecule has 140 valence electrons. The number of rotatable bonds is 2. The van der Waals surface area contributed by atoms with E-state index in [4.69, 9.17) is 11.8 Å². The Bertz CT molecular complexity index is 1040. The third-order valence-corrected chi connectivity index (χ3v) is 4.66. The van der Waals surface area contributed by atoms with Crippen LogP contribution in [-0.4, -0.2) is 5.91 Å². The minimum Gasteiger partial charge on any atom is -0.296 e. The van der Waals surface area contributed by atoms with Crippen LogP contribution in [0.2, 0.25) is 0 Å². The van der Waals surface area contributed by atoms with Gasteiger partial charge in [0.2, 0.25) is 5.91 Å². The van der Waals surface area contributed by atoms with E-state index in [-0.39, 0.29) is 12.1 Å². The predicted octanol–water partition coefficient (Wildman–Crippen LogP) is 5.25. The molecule has 28 heavy (non-hydrogen) atoms. The zero-order valence-electron chi connectivity index (χ0n) is 14.8. The fourth-order valence-corrected chi connectivity index (χ4v) is 3.30. The van der Waals surface area contributed by atoms with Gasteiger partial charge in [-0.05, 0) is 42.8 Å². The average Bonchev–Trinajstić information content (AvgIpc) is 2.67. The second-order valence-corrected chi connectivity index (χ2v) is 6.35. The van der Waals surface area contributed by atoms with E-state index in [9.17, 15) is 18.0 Å². The molecule has 0 aliphatic carbocycles. The third-order valence-electron chi connectivity index (χ3n) is 4.66. The molecular weight excluding hydrogens is 367 g/mol. The number of carbonyl (C=O) groups is 1. The molecule has 0 fully saturated rings. The molecule has 7 heteroatoms. The summed E-state index contributed by atoms with van der Waals surface area (Å²) in [5, 5.41) is 8.91. The van der Waals surface area contributed by atoms with Crippen molar-refractivity contribution in [2.45, 2.75) is 25.4 Å². The summed E-state index contributed by atoms with van der Waals surface area (Å²) in [6.45, 7) is 9.10. The second-order valence-electron chi connectivity index (χ2n) is 6.35. The number of carbonyl (C=O) groups excluding carboxylic acids is 1. The highest BCUT2D eigenvalue weighted by molar-refractivity contribution is 5.99. The Kier molecular flexibility index (Phi) is 4.94. The highest BCUT2D eigenvalue weighted by Crippen LogP contribution is 2.40. The Labute approximate surface area is 159 Å². The molecule has 0 radical (unpaired) electrons. The monoisotopic (exact) mass is 381 g/mol. The van der Waals surface area contributed by atoms with Gasteiger partial charge in [0.15, 0.2) is 5.70 Å². The van der Waals surface area contributed by atoms with Crippen LogP contribution in [0.1, 0.15) is 36.0 Å². The smallest absolute Gasteiger partial charge is 0.296 e. The van der Waals surface area contributed by atoms with Crippen LogP contribution in [0, 0.1) is 17.9 Å². The van der Waals surface area contributed by atoms with E-state index in [0.717, 1.165) is 12.1 Å². The molecule has 1 aliphatic rings. The Hall–Kier alpha value is -3.58. The molecule has 0 spiro atoms. The molecule has 2 aromatic rings. The lowest BCUT2D eigenvalue weighted by Crippen LogP contribution is -2.36. The van der Waals surface area contributed by atoms with Crippen LogP contribution in [0.5, 0.6) is 0 Å². The molecule has 0 saturated heterocycles. The lowest BCUT2D eigenvalue weighted by Gasteiger charge is -2.33. The molecule has 4 nitrogen and oxygen atoms in total. The van der Waals surface area contributed by atoms with Crippen LogP contribution in [0.25, 0.3) is 4.85 Å². The Morgan fingerprint density at radius 3 is 2.46 bits per heavy atom. The van der Waals surface area contributed by atoms with Gasteiger partial charge >= 0.3 is 6.18 Å². The fraction of sp³-hybridized carbons (Fsp3) is 0.190. The molecule has 1 aliphatic heterocycles. The first-order valence-corrected chi connectivity index (χ1v) is 8.34. The van der Waals surface area contributed by atoms with Gasteiger partial charge < -0.3 is 0 Å². The minimum absolute atomic E-state index is 0.0444. The van der Waals surface area contributed by atoms with Crippen molar-refractivity contribution in [2.75, 3.05) is 4.90 Å². The standard InChI is InChI=1S/C21H14F3N3O/c1-13-20(26-2)18(15-8-6-14(12-25)7-9-15)11-19(28)27(13)17-5-3-4-16(10-17)21(22,23)24/h3-10,18H,11H2,1H3. The van der Waals surface area contributed by atoms with Gasteiger partial charge in [0, 0.05) is 23.7 Å². The maximum atomic E-state index is 13.0. The average molecular weight is 381 g/mol. The van der Waals surface area contributed by atoms with Gasteiger partial charge in [-0.1, -0.05) is 18.2 Å². The lowest BCUT2D eigenvalue weighted by molar-refractivity contribution is -0.137. The number of allylic oxidation sites excluding steroid dienone is 2. The summed E-state index contributed by atoms with van der Waals surface area (Å²) < 4.78 is 39.1. The number of halogens is 3. The fourth-order valence-electron chi connectivity index (χ4n) is 3.30. The highest BCUT2D eigenvalue weighted by atomic mass is 19.4. The predicted molar refractivity (Wildman–Crippen MR) is 96.7 cm³/mol. The molecule has 1 unspecified atom stereocenters. The Morgan fingerprint density at radius 2 is 1.89 bits per heavy atom. The summed E-state index contributed by atoms with van der Waals surface area (Å²) in [7, 11) is 0. The second kappa shape index (κ2) is 7.21. The topological polar surface area (TPSA) is 48.5 Å². The van der Waals surface area contributed by atoms with Crippen molar-refractivity contribution in [3.8, 4) is 6.07 Å². The SMILES string of the molecule is [C-]#[N+]C1=C(C)N(c2cccc(C(F)(F)F)c2)C(=O)CC1c1ccc(C#N)cc1. The third kappa shape index (κ3) is 3.47. The van der Waals surface area contributed by atoms with E-state index >= 15 is 0 Å². The molecule has 1 atom stereocenters. The zero-order chi connectivity index (χ0) is 20.5. The molecule has 3 rings (SSSR count). The number of alkyl halides is 3. The molecule has 1 amide bonds. The van der Waals surface area contributed by atoms with E-state index in [1.807, 2.05) is 6.07 Å². The number of hydrogen-bond acceptors (Lipinski definition) is 2. The molecule has 0 bridgehead atoms. The van der Waals surface area contributed by atoms with E-state index in [2.05, 4.69) is 4.85 Å². The van der Waals surface area contributed by atoms with Gasteiger partial charge in [-0.25, -0.2) is 4.85 Å². The summed E-state index contributed by atoms with van der Waals surface area (Å²) in [6.07, 6.45) is -4.57. The van der Waals surface area contributed by atoms with Gasteiger partial charge in [0.05, 0.1) is 23.8 Å². The molecule has 0 saturated carbocycles. The van der Waals surface area contributed by atoms with E-state index in [1.165, 1.54) is 17.0 Å². The summed E-state index contributed by atoms with van der Waals surface area (Å²) in [4.78, 5) is 17.5. The van der Waals surface area contributed by atoms with Crippen LogP contribution < -0.4 is 4.90 Å². The number of anilines is 1. The van der Waals surface area contributed by atoms with Crippen molar-refractivity contribution < 1.29 is 18.0 Å². The van der Waals surface area contributed by atoms with Gasteiger partial charge in [0.1, 0.15) is 0 Å². The number of amides is 1. The number of nitriles is 1. The number of benzene rings is 2. The van der Waals surface area contributed by atoms with E-state index in [1.54, 1.807) is 31.2 Å². The minimum atomic E-state index is -4.53. The Balaban J connectivity index is 2.06. The zero-order valence-corrected chi connectivity index (χ0v) is 14.8. The van der Waals surface area contributed by atoms with Gasteiger partial charge in [-0.15, -0.1) is 0 Å². The van der Waals surface area contributed by atoms with Crippen LogP contribution in [-0.2, 0) is 11.0 Å². The van der Waals surface area contributed by atoms with Crippen LogP contribution in [0.15, 0.2) is 59.9 Å². The summed E-state index contributed by atoms with van der Waals surface area (Å²) >= 11 is 0. The van der Waals surface area contributed by atoms with Gasteiger partial charge in [-0.2, -0.15) is 18.4 Å². The summed E-state index contributed by atoms with van der Waals surface area (Å²) in [5.74, 6) is -0.890.